The summed E-state index contributed by atoms with van der Waals surface area (Å²) in [5.41, 5.74) is 0.258. The fourth-order valence-electron chi connectivity index (χ4n) is 7.76. The second-order valence-corrected chi connectivity index (χ2v) is 31.6. The lowest BCUT2D eigenvalue weighted by Crippen LogP contribution is -2.57. The van der Waals surface area contributed by atoms with Gasteiger partial charge in [0.15, 0.2) is 25.0 Å². The average molecular weight is 818 g/mol. The topological polar surface area (TPSA) is 110 Å². The van der Waals surface area contributed by atoms with Gasteiger partial charge in [0.2, 0.25) is 0 Å². The van der Waals surface area contributed by atoms with E-state index < -0.39 is 77.2 Å². The van der Waals surface area contributed by atoms with Gasteiger partial charge in [0.25, 0.3) is 10.1 Å². The highest BCUT2D eigenvalue weighted by Crippen LogP contribution is 2.42. The van der Waals surface area contributed by atoms with Gasteiger partial charge in [0, 0.05) is 0 Å². The van der Waals surface area contributed by atoms with Crippen molar-refractivity contribution in [3.63, 3.8) is 0 Å². The molecule has 1 heterocycles. The van der Waals surface area contributed by atoms with E-state index in [1.807, 2.05) is 56.0 Å². The zero-order valence-electron chi connectivity index (χ0n) is 35.5. The molecule has 1 saturated heterocycles. The van der Waals surface area contributed by atoms with Crippen LogP contribution >= 0.6 is 0 Å². The van der Waals surface area contributed by atoms with Crippen LogP contribution in [0.3, 0.4) is 0 Å². The molecule has 0 radical (unpaired) electrons. The Bertz CT molecular complexity index is 1290. The lowest BCUT2D eigenvalue weighted by molar-refractivity contribution is -0.0287. The van der Waals surface area contributed by atoms with Crippen molar-refractivity contribution in [2.45, 2.75) is 187 Å². The van der Waals surface area contributed by atoms with Crippen LogP contribution in [0.5, 0.6) is 0 Å². The molecule has 0 saturated carbocycles. The monoisotopic (exact) mass is 817 g/mol. The third-order valence-corrected chi connectivity index (χ3v) is 26.3. The molecule has 1 amide bonds. The van der Waals surface area contributed by atoms with Crippen molar-refractivity contribution in [1.29, 1.82) is 0 Å². The van der Waals surface area contributed by atoms with Crippen molar-refractivity contribution >= 4 is 41.2 Å². The van der Waals surface area contributed by atoms with E-state index in [1.54, 1.807) is 0 Å². The van der Waals surface area contributed by atoms with Crippen LogP contribution < -0.4 is 0 Å². The number of benzene rings is 1. The van der Waals surface area contributed by atoms with E-state index in [9.17, 15) is 13.2 Å². The molecule has 1 fully saturated rings. The van der Waals surface area contributed by atoms with E-state index in [1.165, 1.54) is 0 Å². The van der Waals surface area contributed by atoms with Gasteiger partial charge < -0.3 is 22.8 Å². The van der Waals surface area contributed by atoms with Crippen LogP contribution in [-0.4, -0.2) is 99.8 Å². The molecule has 2 rings (SSSR count). The maximum absolute atomic E-state index is 14.9. The normalized spacial score (nSPS) is 20.9. The highest BCUT2D eigenvalue weighted by molar-refractivity contribution is 7.85. The van der Waals surface area contributed by atoms with Gasteiger partial charge in [-0.05, 0) is 87.2 Å². The first kappa shape index (κ1) is 48.0. The third-order valence-electron chi connectivity index (χ3n) is 11.8. The number of carbonyl (C=O) groups excluding carboxylic acids is 1. The van der Waals surface area contributed by atoms with Crippen molar-refractivity contribution in [3.05, 3.63) is 35.9 Å². The Hall–Kier alpha value is -1.11. The van der Waals surface area contributed by atoms with Crippen LogP contribution in [-0.2, 0) is 43.7 Å². The Morgan fingerprint density at radius 3 is 1.66 bits per heavy atom. The van der Waals surface area contributed by atoms with Crippen molar-refractivity contribution in [2.75, 3.05) is 19.5 Å². The quantitative estimate of drug-likeness (QED) is 0.0744. The van der Waals surface area contributed by atoms with Gasteiger partial charge in [0.1, 0.15) is 5.60 Å². The molecule has 0 aliphatic carbocycles. The summed E-state index contributed by atoms with van der Waals surface area (Å²) < 4.78 is 65.3. The summed E-state index contributed by atoms with van der Waals surface area (Å²) in [6.45, 7) is 26.0. The first-order chi connectivity index (χ1) is 24.9. The van der Waals surface area contributed by atoms with Crippen molar-refractivity contribution in [2.24, 2.45) is 0 Å². The van der Waals surface area contributed by atoms with Crippen molar-refractivity contribution < 1.29 is 40.1 Å². The molecule has 1 aliphatic heterocycles. The van der Waals surface area contributed by atoms with E-state index in [2.05, 4.69) is 62.3 Å². The highest BCUT2D eigenvalue weighted by atomic mass is 32.2. The smallest absolute Gasteiger partial charge is 0.411 e. The molecule has 53 heavy (non-hydrogen) atoms. The van der Waals surface area contributed by atoms with Gasteiger partial charge in [-0.25, -0.2) is 4.79 Å². The number of carbonyl (C=O) groups is 1. The van der Waals surface area contributed by atoms with Gasteiger partial charge in [-0.3, -0.25) is 9.08 Å². The number of hydrogen-bond acceptors (Lipinski definition) is 9. The summed E-state index contributed by atoms with van der Waals surface area (Å²) in [7, 11) is -10.7. The lowest BCUT2D eigenvalue weighted by Gasteiger charge is -2.43. The minimum atomic E-state index is -3.72. The Morgan fingerprint density at radius 2 is 1.23 bits per heavy atom. The summed E-state index contributed by atoms with van der Waals surface area (Å²) in [6, 6.07) is 17.0. The van der Waals surface area contributed by atoms with Gasteiger partial charge in [0.05, 0.1) is 56.5 Å². The van der Waals surface area contributed by atoms with Crippen LogP contribution in [0.25, 0.3) is 0 Å². The van der Waals surface area contributed by atoms with E-state index in [4.69, 9.17) is 26.9 Å². The maximum Gasteiger partial charge on any atom is 0.411 e. The number of ether oxygens (including phenoxy) is 2. The Labute approximate surface area is 326 Å². The van der Waals surface area contributed by atoms with Crippen molar-refractivity contribution in [3.8, 4) is 0 Å². The molecular formula is C39H75NO9SSi3. The molecule has 0 spiro atoms. The molecule has 0 bridgehead atoms. The number of nitrogens with zero attached hydrogens (tertiary/aromatic N) is 1. The summed E-state index contributed by atoms with van der Waals surface area (Å²) in [4.78, 5) is 16.7. The summed E-state index contributed by atoms with van der Waals surface area (Å²) in [6.07, 6.45) is -0.793. The number of amides is 1. The lowest BCUT2D eigenvalue weighted by atomic mass is 10.0. The van der Waals surface area contributed by atoms with E-state index in [0.29, 0.717) is 6.61 Å². The predicted molar refractivity (Wildman–Crippen MR) is 223 cm³/mol. The Morgan fingerprint density at radius 1 is 0.755 bits per heavy atom. The van der Waals surface area contributed by atoms with Gasteiger partial charge >= 0.3 is 6.09 Å². The van der Waals surface area contributed by atoms with E-state index >= 15 is 0 Å². The molecule has 0 N–H and O–H groups in total. The molecule has 14 heteroatoms. The zero-order valence-corrected chi connectivity index (χ0v) is 39.3. The van der Waals surface area contributed by atoms with Crippen LogP contribution in [0.4, 0.5) is 4.79 Å². The van der Waals surface area contributed by atoms with Crippen LogP contribution in [0.15, 0.2) is 30.3 Å². The summed E-state index contributed by atoms with van der Waals surface area (Å²) in [5.74, 6) is 0. The van der Waals surface area contributed by atoms with Gasteiger partial charge in [-0.2, -0.15) is 8.42 Å². The first-order valence-corrected chi connectivity index (χ1v) is 29.8. The molecule has 1 aromatic rings. The second-order valence-electron chi connectivity index (χ2n) is 15.8. The van der Waals surface area contributed by atoms with Crippen molar-refractivity contribution in [1.82, 2.24) is 4.90 Å². The van der Waals surface area contributed by atoms with Gasteiger partial charge in [-0.1, -0.05) is 92.6 Å². The highest BCUT2D eigenvalue weighted by Gasteiger charge is 2.60. The molecule has 308 valence electrons. The molecule has 0 unspecified atom stereocenters. The van der Waals surface area contributed by atoms with Crippen LogP contribution in [0, 0.1) is 0 Å². The van der Waals surface area contributed by atoms with Crippen LogP contribution in [0.2, 0.25) is 54.4 Å². The van der Waals surface area contributed by atoms with Crippen LogP contribution in [0.1, 0.15) is 95.1 Å². The maximum atomic E-state index is 14.9. The molecule has 1 aromatic carbocycles. The fraction of sp³-hybridized carbons (Fsp3) is 0.821. The minimum Gasteiger partial charge on any atom is -0.444 e. The summed E-state index contributed by atoms with van der Waals surface area (Å²) in [5, 5.41) is 0. The standard InChI is InChI=1S/C39H75NO9SSi3/c1-14-51(15-2,16-3)47-34(28-29-45-50(13,42)43)35-37(49-53(20-7,21-8)22-9)36(48-52(17-4,18-5)19-6)33(40(35)38(41)46-39(10,11)12)31-44-30-32-26-24-23-25-27-32/h23-27,33-37H,14-22,28-31H2,1-13H3/t33-,34-,35+,36-,37-/m1/s1. The molecular weight excluding hydrogens is 743 g/mol. The number of rotatable bonds is 24. The summed E-state index contributed by atoms with van der Waals surface area (Å²) >= 11 is 0. The SMILES string of the molecule is CC[Si](CC)(CC)O[C@H]1[C@H](O[Si](CC)(CC)CC)[C@@H](COCc2ccccc2)N(C(=O)OC(C)(C)C)[C@H]1[C@@H](CCOS(C)(=O)=O)O[Si](CC)(CC)CC. The van der Waals surface area contributed by atoms with E-state index in [0.717, 1.165) is 66.2 Å². The molecule has 5 atom stereocenters. The molecule has 0 aromatic heterocycles. The number of hydrogen-bond donors (Lipinski definition) is 0. The number of likely N-dealkylation sites (tertiary alicyclic amines) is 1. The first-order valence-electron chi connectivity index (χ1n) is 20.4. The van der Waals surface area contributed by atoms with E-state index in [-0.39, 0.29) is 19.6 Å². The second kappa shape index (κ2) is 21.4. The molecule has 10 nitrogen and oxygen atoms in total. The Kier molecular flexibility index (Phi) is 19.4. The predicted octanol–water partition coefficient (Wildman–Crippen LogP) is 9.73. The minimum absolute atomic E-state index is 0.0767. The third kappa shape index (κ3) is 13.5. The Balaban J connectivity index is 3.00. The zero-order chi connectivity index (χ0) is 40.1. The largest absolute Gasteiger partial charge is 0.444 e. The fourth-order valence-corrected chi connectivity index (χ4v) is 16.8. The average Bonchev–Trinajstić information content (AvgIpc) is 3.42. The van der Waals surface area contributed by atoms with Gasteiger partial charge in [-0.15, -0.1) is 0 Å². The molecule has 1 aliphatic rings.